The van der Waals surface area contributed by atoms with Gasteiger partial charge >= 0.3 is 18.1 Å². The van der Waals surface area contributed by atoms with Crippen LogP contribution in [0.1, 0.15) is 45.0 Å². The number of hydrogen-bond donors (Lipinski definition) is 3. The molecule has 0 aliphatic rings. The SMILES string of the molecule is CCOc1ccc(S(=O)(=O)Nc2ccc(N(CC(C)C)CC(C)C)c(C(=O)O)c2)cc1.O=C(O)C(F)(F)F. The van der Waals surface area contributed by atoms with E-state index in [0.717, 1.165) is 0 Å². The maximum atomic E-state index is 12.8. The topological polar surface area (TPSA) is 133 Å². The highest BCUT2D eigenvalue weighted by molar-refractivity contribution is 7.92. The molecular weight excluding hydrogens is 529 g/mol. The number of anilines is 2. The van der Waals surface area contributed by atoms with Gasteiger partial charge in [-0.2, -0.15) is 13.2 Å². The first-order chi connectivity index (χ1) is 17.5. The molecule has 0 unspecified atom stereocenters. The van der Waals surface area contributed by atoms with Crippen LogP contribution in [0, 0.1) is 11.8 Å². The third-order valence-corrected chi connectivity index (χ3v) is 6.08. The molecule has 2 rings (SSSR count). The second kappa shape index (κ2) is 13.9. The van der Waals surface area contributed by atoms with Crippen molar-refractivity contribution in [3.05, 3.63) is 48.0 Å². The summed E-state index contributed by atoms with van der Waals surface area (Å²) in [7, 11) is -3.87. The molecule has 0 fully saturated rings. The van der Waals surface area contributed by atoms with Gasteiger partial charge in [-0.25, -0.2) is 18.0 Å². The molecule has 0 aliphatic heterocycles. The number of carboxylic acid groups (broad SMARTS) is 2. The van der Waals surface area contributed by atoms with Crippen LogP contribution in [0.2, 0.25) is 0 Å². The Labute approximate surface area is 220 Å². The molecule has 0 amide bonds. The van der Waals surface area contributed by atoms with Crippen molar-refractivity contribution in [2.75, 3.05) is 29.3 Å². The van der Waals surface area contributed by atoms with E-state index in [1.165, 1.54) is 18.2 Å². The zero-order valence-corrected chi connectivity index (χ0v) is 22.6. The lowest BCUT2D eigenvalue weighted by molar-refractivity contribution is -0.192. The van der Waals surface area contributed by atoms with Gasteiger partial charge in [-0.3, -0.25) is 4.72 Å². The molecule has 38 heavy (non-hydrogen) atoms. The van der Waals surface area contributed by atoms with Crippen LogP contribution >= 0.6 is 0 Å². The minimum Gasteiger partial charge on any atom is -0.494 e. The predicted molar refractivity (Wildman–Crippen MR) is 137 cm³/mol. The number of alkyl halides is 3. The fourth-order valence-electron chi connectivity index (χ4n) is 3.30. The highest BCUT2D eigenvalue weighted by Gasteiger charge is 2.38. The zero-order valence-electron chi connectivity index (χ0n) is 21.7. The lowest BCUT2D eigenvalue weighted by Crippen LogP contribution is -2.32. The van der Waals surface area contributed by atoms with Crippen LogP contribution in [0.4, 0.5) is 24.5 Å². The van der Waals surface area contributed by atoms with Gasteiger partial charge in [-0.1, -0.05) is 27.7 Å². The fraction of sp³-hybridized carbons (Fsp3) is 0.440. The molecule has 0 spiro atoms. The Morgan fingerprint density at radius 3 is 1.87 bits per heavy atom. The van der Waals surface area contributed by atoms with Gasteiger partial charge in [0.1, 0.15) is 5.75 Å². The van der Waals surface area contributed by atoms with E-state index in [0.29, 0.717) is 43.0 Å². The number of halogens is 3. The lowest BCUT2D eigenvalue weighted by atomic mass is 10.1. The monoisotopic (exact) mass is 562 g/mol. The van der Waals surface area contributed by atoms with Gasteiger partial charge in [0.05, 0.1) is 22.8 Å². The number of sulfonamides is 1. The first kappa shape index (κ1) is 32.5. The number of hydrogen-bond acceptors (Lipinski definition) is 6. The molecule has 0 bridgehead atoms. The Morgan fingerprint density at radius 1 is 0.974 bits per heavy atom. The van der Waals surface area contributed by atoms with Crippen molar-refractivity contribution in [3.63, 3.8) is 0 Å². The van der Waals surface area contributed by atoms with Crippen molar-refractivity contribution in [1.82, 2.24) is 0 Å². The summed E-state index contributed by atoms with van der Waals surface area (Å²) in [6, 6.07) is 10.7. The summed E-state index contributed by atoms with van der Waals surface area (Å²) in [5.74, 6) is -2.59. The molecule has 0 atom stereocenters. The Hall–Kier alpha value is -3.48. The minimum atomic E-state index is -5.08. The molecule has 0 radical (unpaired) electrons. The number of carbonyl (C=O) groups is 2. The Kier molecular flexibility index (Phi) is 11.9. The Morgan fingerprint density at radius 2 is 1.47 bits per heavy atom. The highest BCUT2D eigenvalue weighted by atomic mass is 32.2. The fourth-order valence-corrected chi connectivity index (χ4v) is 4.34. The van der Waals surface area contributed by atoms with E-state index in [2.05, 4.69) is 32.4 Å². The molecule has 212 valence electrons. The maximum Gasteiger partial charge on any atom is 0.490 e. The molecule has 0 heterocycles. The van der Waals surface area contributed by atoms with E-state index in [1.54, 1.807) is 24.3 Å². The van der Waals surface area contributed by atoms with Crippen molar-refractivity contribution in [2.24, 2.45) is 11.8 Å². The van der Waals surface area contributed by atoms with Gasteiger partial charge in [-0.05, 0) is 61.2 Å². The summed E-state index contributed by atoms with van der Waals surface area (Å²) in [4.78, 5) is 23.0. The zero-order chi connectivity index (χ0) is 29.3. The van der Waals surface area contributed by atoms with Gasteiger partial charge in [-0.15, -0.1) is 0 Å². The molecule has 2 aromatic carbocycles. The number of aromatic carboxylic acids is 1. The molecule has 2 aromatic rings. The molecule has 3 N–H and O–H groups in total. The largest absolute Gasteiger partial charge is 0.494 e. The third-order valence-electron chi connectivity index (χ3n) is 4.68. The van der Waals surface area contributed by atoms with Crippen molar-refractivity contribution >= 4 is 33.3 Å². The van der Waals surface area contributed by atoms with Crippen LogP contribution in [0.25, 0.3) is 0 Å². The summed E-state index contributed by atoms with van der Waals surface area (Å²) < 4.78 is 65.1. The summed E-state index contributed by atoms with van der Waals surface area (Å²) in [5, 5.41) is 16.9. The van der Waals surface area contributed by atoms with Crippen molar-refractivity contribution in [2.45, 2.75) is 45.7 Å². The van der Waals surface area contributed by atoms with E-state index < -0.39 is 28.1 Å². The molecule has 9 nitrogen and oxygen atoms in total. The van der Waals surface area contributed by atoms with Gasteiger partial charge in [0.15, 0.2) is 0 Å². The van der Waals surface area contributed by atoms with Gasteiger partial charge in [0, 0.05) is 18.8 Å². The van der Waals surface area contributed by atoms with E-state index in [-0.39, 0.29) is 16.1 Å². The van der Waals surface area contributed by atoms with E-state index in [4.69, 9.17) is 14.6 Å². The van der Waals surface area contributed by atoms with Crippen LogP contribution in [0.5, 0.6) is 5.75 Å². The Bertz CT molecular complexity index is 1170. The maximum absolute atomic E-state index is 12.8. The van der Waals surface area contributed by atoms with Crippen molar-refractivity contribution in [3.8, 4) is 5.75 Å². The first-order valence-corrected chi connectivity index (χ1v) is 13.1. The quantitative estimate of drug-likeness (QED) is 0.334. The molecule has 0 aliphatic carbocycles. The van der Waals surface area contributed by atoms with Gasteiger partial charge in [0.2, 0.25) is 0 Å². The van der Waals surface area contributed by atoms with Crippen LogP contribution in [0.3, 0.4) is 0 Å². The molecular formula is C25H33F3N2O7S. The van der Waals surface area contributed by atoms with Gasteiger partial charge < -0.3 is 19.8 Å². The third kappa shape index (κ3) is 10.5. The smallest absolute Gasteiger partial charge is 0.490 e. The normalized spacial score (nSPS) is 11.5. The van der Waals surface area contributed by atoms with Crippen molar-refractivity contribution in [1.29, 1.82) is 0 Å². The number of aliphatic carboxylic acids is 1. The number of nitrogens with one attached hydrogen (secondary N) is 1. The molecule has 0 aromatic heterocycles. The average Bonchev–Trinajstić information content (AvgIpc) is 2.78. The number of carboxylic acids is 2. The molecule has 0 saturated heterocycles. The average molecular weight is 563 g/mol. The standard InChI is InChI=1S/C23H32N2O5S.C2HF3O2/c1-6-30-19-8-10-20(11-9-19)31(28,29)24-18-7-12-22(21(13-18)23(26)27)25(14-16(2)3)15-17(4)5;3-2(4,5)1(6)7/h7-13,16-17,24H,6,14-15H2,1-5H3,(H,26,27);(H,6,7). The van der Waals surface area contributed by atoms with Crippen LogP contribution < -0.4 is 14.4 Å². The predicted octanol–water partition coefficient (Wildman–Crippen LogP) is 5.34. The summed E-state index contributed by atoms with van der Waals surface area (Å²) in [6.45, 7) is 12.0. The number of benzene rings is 2. The summed E-state index contributed by atoms with van der Waals surface area (Å²) in [6.07, 6.45) is -5.08. The second-order valence-corrected chi connectivity index (χ2v) is 10.7. The Balaban J connectivity index is 0.000000905. The van der Waals surface area contributed by atoms with E-state index in [9.17, 15) is 31.5 Å². The highest BCUT2D eigenvalue weighted by Crippen LogP contribution is 2.28. The first-order valence-electron chi connectivity index (χ1n) is 11.7. The van der Waals surface area contributed by atoms with Crippen LogP contribution in [-0.2, 0) is 14.8 Å². The van der Waals surface area contributed by atoms with Crippen LogP contribution in [-0.4, -0.2) is 56.4 Å². The second-order valence-electron chi connectivity index (χ2n) is 9.04. The van der Waals surface area contributed by atoms with E-state index in [1.807, 2.05) is 11.8 Å². The van der Waals surface area contributed by atoms with Gasteiger partial charge in [0.25, 0.3) is 10.0 Å². The number of rotatable bonds is 11. The summed E-state index contributed by atoms with van der Waals surface area (Å²) in [5.41, 5.74) is 0.844. The number of nitrogens with zero attached hydrogens (tertiary/aromatic N) is 1. The van der Waals surface area contributed by atoms with Crippen molar-refractivity contribution < 1.29 is 46.1 Å². The lowest BCUT2D eigenvalue weighted by Gasteiger charge is -2.30. The van der Waals surface area contributed by atoms with E-state index >= 15 is 0 Å². The molecule has 0 saturated carbocycles. The van der Waals surface area contributed by atoms with Crippen LogP contribution in [0.15, 0.2) is 47.4 Å². The summed E-state index contributed by atoms with van der Waals surface area (Å²) >= 11 is 0. The number of ether oxygens (including phenoxy) is 1. The molecule has 13 heteroatoms. The minimum absolute atomic E-state index is 0.0631.